The van der Waals surface area contributed by atoms with Crippen molar-refractivity contribution in [1.29, 1.82) is 0 Å². The van der Waals surface area contributed by atoms with E-state index in [-0.39, 0.29) is 0 Å². The minimum absolute atomic E-state index is 0.305. The molecule has 1 aromatic carbocycles. The number of hydrogen-bond acceptors (Lipinski definition) is 2. The molecule has 18 heavy (non-hydrogen) atoms. The van der Waals surface area contributed by atoms with E-state index in [1.54, 1.807) is 0 Å². The van der Waals surface area contributed by atoms with Gasteiger partial charge in [0, 0.05) is 24.2 Å². The monoisotopic (exact) mass is 266 g/mol. The van der Waals surface area contributed by atoms with Crippen molar-refractivity contribution in [2.75, 3.05) is 13.1 Å². The van der Waals surface area contributed by atoms with Crippen molar-refractivity contribution in [3.63, 3.8) is 0 Å². The Morgan fingerprint density at radius 1 is 1.50 bits per heavy atom. The Hall–Kier alpha value is -0.570. The molecule has 0 spiro atoms. The maximum Gasteiger partial charge on any atom is 0.0408 e. The van der Waals surface area contributed by atoms with Gasteiger partial charge in [-0.3, -0.25) is 4.90 Å². The Bertz CT molecular complexity index is 403. The van der Waals surface area contributed by atoms with Gasteiger partial charge < -0.3 is 5.73 Å². The van der Waals surface area contributed by atoms with E-state index in [1.807, 2.05) is 12.1 Å². The van der Waals surface area contributed by atoms with Crippen molar-refractivity contribution in [2.45, 2.75) is 39.3 Å². The van der Waals surface area contributed by atoms with Crippen LogP contribution in [0.1, 0.15) is 30.9 Å². The molecule has 0 amide bonds. The Morgan fingerprint density at radius 2 is 2.28 bits per heavy atom. The van der Waals surface area contributed by atoms with Gasteiger partial charge in [0.1, 0.15) is 0 Å². The topological polar surface area (TPSA) is 29.3 Å². The summed E-state index contributed by atoms with van der Waals surface area (Å²) in [6.45, 7) is 7.59. The molecular formula is C15H23ClN2. The molecule has 2 unspecified atom stereocenters. The van der Waals surface area contributed by atoms with Crippen molar-refractivity contribution in [3.05, 3.63) is 34.3 Å². The van der Waals surface area contributed by atoms with Crippen LogP contribution in [-0.2, 0) is 6.54 Å². The number of hydrogen-bond donors (Lipinski definition) is 1. The highest BCUT2D eigenvalue weighted by Crippen LogP contribution is 2.22. The Balaban J connectivity index is 2.00. The van der Waals surface area contributed by atoms with Crippen LogP contribution in [0.15, 0.2) is 18.2 Å². The summed E-state index contributed by atoms with van der Waals surface area (Å²) in [4.78, 5) is 2.52. The first kappa shape index (κ1) is 13.9. The summed E-state index contributed by atoms with van der Waals surface area (Å²) in [6, 6.07) is 6.48. The fourth-order valence-corrected chi connectivity index (χ4v) is 2.97. The van der Waals surface area contributed by atoms with Gasteiger partial charge in [-0.25, -0.2) is 0 Å². The molecule has 0 aromatic heterocycles. The largest absolute Gasteiger partial charge is 0.328 e. The summed E-state index contributed by atoms with van der Waals surface area (Å²) in [5.41, 5.74) is 8.69. The quantitative estimate of drug-likeness (QED) is 0.910. The predicted octanol–water partition coefficient (Wildman–Crippen LogP) is 3.21. The molecule has 2 atom stereocenters. The second-order valence-corrected chi connectivity index (χ2v) is 6.00. The fraction of sp³-hybridized carbons (Fsp3) is 0.600. The summed E-state index contributed by atoms with van der Waals surface area (Å²) in [7, 11) is 0. The van der Waals surface area contributed by atoms with Gasteiger partial charge >= 0.3 is 0 Å². The Morgan fingerprint density at radius 3 is 2.94 bits per heavy atom. The molecule has 3 heteroatoms. The average Bonchev–Trinajstić information content (AvgIpc) is 2.33. The molecule has 1 aliphatic rings. The Labute approximate surface area is 115 Å². The maximum atomic E-state index is 6.03. The number of nitrogens with zero attached hydrogens (tertiary/aromatic N) is 1. The molecule has 1 saturated heterocycles. The highest BCUT2D eigenvalue weighted by molar-refractivity contribution is 6.30. The highest BCUT2D eigenvalue weighted by Gasteiger charge is 2.22. The number of nitrogens with two attached hydrogens (primary N) is 1. The van der Waals surface area contributed by atoms with E-state index in [9.17, 15) is 0 Å². The highest BCUT2D eigenvalue weighted by atomic mass is 35.5. The van der Waals surface area contributed by atoms with E-state index in [1.165, 1.54) is 30.5 Å². The number of piperidine rings is 1. The van der Waals surface area contributed by atoms with Gasteiger partial charge in [0.25, 0.3) is 0 Å². The zero-order valence-corrected chi connectivity index (χ0v) is 12.1. The van der Waals surface area contributed by atoms with E-state index in [2.05, 4.69) is 24.8 Å². The standard InChI is InChI=1S/C15H23ClN2/c1-11-8-15(16)6-5-13(11)9-18-7-3-4-14(10-18)12(2)17/h5-6,8,12,14H,3-4,7,9-10,17H2,1-2H3. The van der Waals surface area contributed by atoms with Crippen LogP contribution in [0.4, 0.5) is 0 Å². The first-order valence-electron chi connectivity index (χ1n) is 6.79. The number of aryl methyl sites for hydroxylation is 1. The van der Waals surface area contributed by atoms with Crippen molar-refractivity contribution >= 4 is 11.6 Å². The molecule has 1 fully saturated rings. The zero-order chi connectivity index (χ0) is 13.1. The lowest BCUT2D eigenvalue weighted by Crippen LogP contribution is -2.42. The normalized spacial score (nSPS) is 23.0. The molecule has 1 heterocycles. The molecule has 0 aliphatic carbocycles. The molecule has 0 saturated carbocycles. The third-order valence-electron chi connectivity index (χ3n) is 3.98. The van der Waals surface area contributed by atoms with Gasteiger partial charge in [-0.2, -0.15) is 0 Å². The van der Waals surface area contributed by atoms with E-state index in [0.717, 1.165) is 18.1 Å². The van der Waals surface area contributed by atoms with Crippen LogP contribution in [0.3, 0.4) is 0 Å². The minimum Gasteiger partial charge on any atom is -0.328 e. The van der Waals surface area contributed by atoms with E-state index >= 15 is 0 Å². The molecule has 2 rings (SSSR count). The molecular weight excluding hydrogens is 244 g/mol. The van der Waals surface area contributed by atoms with Gasteiger partial charge in [0.2, 0.25) is 0 Å². The van der Waals surface area contributed by atoms with Gasteiger partial charge in [0.15, 0.2) is 0 Å². The molecule has 2 N–H and O–H groups in total. The lowest BCUT2D eigenvalue weighted by atomic mass is 9.92. The zero-order valence-electron chi connectivity index (χ0n) is 11.3. The number of likely N-dealkylation sites (tertiary alicyclic amines) is 1. The SMILES string of the molecule is Cc1cc(Cl)ccc1CN1CCCC(C(C)N)C1. The van der Waals surface area contributed by atoms with Crippen LogP contribution in [0.25, 0.3) is 0 Å². The van der Waals surface area contributed by atoms with Gasteiger partial charge in [-0.15, -0.1) is 0 Å². The van der Waals surface area contributed by atoms with Crippen molar-refractivity contribution in [3.8, 4) is 0 Å². The lowest BCUT2D eigenvalue weighted by Gasteiger charge is -2.34. The third kappa shape index (κ3) is 3.47. The van der Waals surface area contributed by atoms with Gasteiger partial charge in [-0.1, -0.05) is 17.7 Å². The van der Waals surface area contributed by atoms with Crippen molar-refractivity contribution in [2.24, 2.45) is 11.7 Å². The fourth-order valence-electron chi connectivity index (χ4n) is 2.74. The third-order valence-corrected chi connectivity index (χ3v) is 4.22. The molecule has 1 aliphatic heterocycles. The minimum atomic E-state index is 0.305. The van der Waals surface area contributed by atoms with E-state index in [4.69, 9.17) is 17.3 Å². The van der Waals surface area contributed by atoms with Crippen LogP contribution in [-0.4, -0.2) is 24.0 Å². The van der Waals surface area contributed by atoms with Gasteiger partial charge in [0.05, 0.1) is 0 Å². The van der Waals surface area contributed by atoms with Crippen LogP contribution >= 0.6 is 11.6 Å². The number of halogens is 1. The molecule has 100 valence electrons. The predicted molar refractivity (Wildman–Crippen MR) is 77.8 cm³/mol. The van der Waals surface area contributed by atoms with Crippen LogP contribution in [0.2, 0.25) is 5.02 Å². The summed E-state index contributed by atoms with van der Waals surface area (Å²) in [5, 5.41) is 0.823. The van der Waals surface area contributed by atoms with Gasteiger partial charge in [-0.05, 0) is 62.4 Å². The number of rotatable bonds is 3. The lowest BCUT2D eigenvalue weighted by molar-refractivity contribution is 0.154. The smallest absolute Gasteiger partial charge is 0.0408 e. The molecule has 0 radical (unpaired) electrons. The van der Waals surface area contributed by atoms with Crippen LogP contribution < -0.4 is 5.73 Å². The summed E-state index contributed by atoms with van der Waals surface area (Å²) < 4.78 is 0. The Kier molecular flexibility index (Phi) is 4.66. The van der Waals surface area contributed by atoms with E-state index in [0.29, 0.717) is 12.0 Å². The second-order valence-electron chi connectivity index (χ2n) is 5.57. The van der Waals surface area contributed by atoms with Crippen LogP contribution in [0.5, 0.6) is 0 Å². The first-order chi connectivity index (χ1) is 8.56. The number of benzene rings is 1. The molecule has 0 bridgehead atoms. The summed E-state index contributed by atoms with van der Waals surface area (Å²) in [5.74, 6) is 0.645. The average molecular weight is 267 g/mol. The van der Waals surface area contributed by atoms with Crippen LogP contribution in [0, 0.1) is 12.8 Å². The molecule has 2 nitrogen and oxygen atoms in total. The second kappa shape index (κ2) is 6.05. The summed E-state index contributed by atoms with van der Waals surface area (Å²) >= 11 is 5.99. The summed E-state index contributed by atoms with van der Waals surface area (Å²) in [6.07, 6.45) is 2.53. The maximum absolute atomic E-state index is 6.03. The molecule has 1 aromatic rings. The van der Waals surface area contributed by atoms with Crippen molar-refractivity contribution in [1.82, 2.24) is 4.90 Å². The van der Waals surface area contributed by atoms with E-state index < -0.39 is 0 Å². The van der Waals surface area contributed by atoms with Crippen molar-refractivity contribution < 1.29 is 0 Å². The first-order valence-corrected chi connectivity index (χ1v) is 7.17.